The number of amides is 3. The number of rotatable bonds is 4. The van der Waals surface area contributed by atoms with Crippen LogP contribution in [0.15, 0.2) is 24.3 Å². The molecule has 3 amide bonds. The minimum absolute atomic E-state index is 0.108. The van der Waals surface area contributed by atoms with E-state index in [0.717, 1.165) is 23.5 Å². The lowest BCUT2D eigenvalue weighted by Crippen LogP contribution is -2.27. The third kappa shape index (κ3) is 2.89. The largest absolute Gasteiger partial charge is 0.336 e. The van der Waals surface area contributed by atoms with Gasteiger partial charge in [-0.2, -0.15) is 0 Å². The van der Waals surface area contributed by atoms with Crippen molar-refractivity contribution < 1.29 is 9.59 Å². The second kappa shape index (κ2) is 5.62. The maximum absolute atomic E-state index is 12.2. The molecule has 0 atom stereocenters. The number of nitrogens with zero attached hydrogens (tertiary/aromatic N) is 3. The van der Waals surface area contributed by atoms with Crippen molar-refractivity contribution in [2.45, 2.75) is 18.8 Å². The molecule has 1 saturated carbocycles. The van der Waals surface area contributed by atoms with Crippen molar-refractivity contribution in [2.24, 2.45) is 0 Å². The van der Waals surface area contributed by atoms with Crippen LogP contribution in [-0.2, 0) is 0 Å². The molecule has 2 aromatic rings. The zero-order valence-electron chi connectivity index (χ0n) is 12.3. The van der Waals surface area contributed by atoms with Gasteiger partial charge in [0.05, 0.1) is 0 Å². The van der Waals surface area contributed by atoms with Gasteiger partial charge in [-0.1, -0.05) is 11.3 Å². The molecule has 1 aliphatic carbocycles. The van der Waals surface area contributed by atoms with Gasteiger partial charge in [-0.15, -0.1) is 10.2 Å². The summed E-state index contributed by atoms with van der Waals surface area (Å²) in [6, 6.07) is 6.85. The van der Waals surface area contributed by atoms with E-state index in [0.29, 0.717) is 29.7 Å². The van der Waals surface area contributed by atoms with Crippen LogP contribution in [0.5, 0.6) is 0 Å². The summed E-state index contributed by atoms with van der Waals surface area (Å²) in [4.78, 5) is 25.5. The number of urea groups is 1. The molecule has 1 saturated heterocycles. The highest BCUT2D eigenvalue weighted by Crippen LogP contribution is 2.42. The second-order valence-electron chi connectivity index (χ2n) is 5.60. The zero-order valence-corrected chi connectivity index (χ0v) is 13.1. The molecule has 1 aromatic carbocycles. The molecule has 7 nitrogen and oxygen atoms in total. The van der Waals surface area contributed by atoms with Gasteiger partial charge in [-0.25, -0.2) is 4.79 Å². The van der Waals surface area contributed by atoms with Gasteiger partial charge in [0.1, 0.15) is 5.01 Å². The Morgan fingerprint density at radius 1 is 1.26 bits per heavy atom. The molecular weight excluding hydrogens is 314 g/mol. The van der Waals surface area contributed by atoms with Crippen LogP contribution in [0.4, 0.5) is 15.6 Å². The van der Waals surface area contributed by atoms with Crippen molar-refractivity contribution in [1.29, 1.82) is 0 Å². The Morgan fingerprint density at radius 2 is 2.04 bits per heavy atom. The fraction of sp³-hybridized carbons (Fsp3) is 0.333. The van der Waals surface area contributed by atoms with E-state index in [1.807, 2.05) is 0 Å². The predicted molar refractivity (Wildman–Crippen MR) is 87.0 cm³/mol. The van der Waals surface area contributed by atoms with Gasteiger partial charge in [0.2, 0.25) is 5.13 Å². The van der Waals surface area contributed by atoms with Crippen molar-refractivity contribution in [3.8, 4) is 0 Å². The molecule has 4 rings (SSSR count). The van der Waals surface area contributed by atoms with E-state index in [2.05, 4.69) is 20.8 Å². The SMILES string of the molecule is O=C(Nc1nnc(C2CC2)s1)c1ccc(N2CCNC2=O)cc1. The monoisotopic (exact) mass is 329 g/mol. The summed E-state index contributed by atoms with van der Waals surface area (Å²) in [6.07, 6.45) is 2.32. The minimum Gasteiger partial charge on any atom is -0.336 e. The van der Waals surface area contributed by atoms with Crippen LogP contribution in [0.25, 0.3) is 0 Å². The number of benzene rings is 1. The summed E-state index contributed by atoms with van der Waals surface area (Å²) in [5, 5.41) is 15.2. The van der Waals surface area contributed by atoms with Crippen LogP contribution in [0.2, 0.25) is 0 Å². The number of aromatic nitrogens is 2. The van der Waals surface area contributed by atoms with Crippen LogP contribution >= 0.6 is 11.3 Å². The first-order valence-electron chi connectivity index (χ1n) is 7.51. The topological polar surface area (TPSA) is 87.2 Å². The minimum atomic E-state index is -0.221. The van der Waals surface area contributed by atoms with Gasteiger partial charge >= 0.3 is 6.03 Å². The van der Waals surface area contributed by atoms with E-state index in [1.165, 1.54) is 11.3 Å². The summed E-state index contributed by atoms with van der Waals surface area (Å²) in [5.41, 5.74) is 1.31. The Labute approximate surface area is 136 Å². The van der Waals surface area contributed by atoms with Crippen LogP contribution in [-0.4, -0.2) is 35.2 Å². The van der Waals surface area contributed by atoms with Gasteiger partial charge in [0.25, 0.3) is 5.91 Å². The first kappa shape index (κ1) is 14.1. The lowest BCUT2D eigenvalue weighted by atomic mass is 10.2. The fourth-order valence-electron chi connectivity index (χ4n) is 2.46. The first-order valence-corrected chi connectivity index (χ1v) is 8.32. The summed E-state index contributed by atoms with van der Waals surface area (Å²) < 4.78 is 0. The predicted octanol–water partition coefficient (Wildman–Crippen LogP) is 2.20. The van der Waals surface area contributed by atoms with Gasteiger partial charge in [0, 0.05) is 30.3 Å². The van der Waals surface area contributed by atoms with Crippen molar-refractivity contribution in [1.82, 2.24) is 15.5 Å². The quantitative estimate of drug-likeness (QED) is 0.900. The number of carbonyl (C=O) groups excluding carboxylic acids is 2. The zero-order chi connectivity index (χ0) is 15.8. The van der Waals surface area contributed by atoms with E-state index < -0.39 is 0 Å². The van der Waals surface area contributed by atoms with E-state index in [1.54, 1.807) is 29.2 Å². The molecule has 0 spiro atoms. The molecule has 0 unspecified atom stereocenters. The fourth-order valence-corrected chi connectivity index (χ4v) is 3.37. The van der Waals surface area contributed by atoms with Crippen molar-refractivity contribution in [3.05, 3.63) is 34.8 Å². The molecule has 8 heteroatoms. The van der Waals surface area contributed by atoms with Crippen LogP contribution < -0.4 is 15.5 Å². The Hall–Kier alpha value is -2.48. The standard InChI is InChI=1S/C15H15N5O2S/c21-12(17-14-19-18-13(23-14)10-1-2-10)9-3-5-11(6-4-9)20-8-7-16-15(20)22/h3-6,10H,1-2,7-8H2,(H,16,22)(H,17,19,21). The van der Waals surface area contributed by atoms with Gasteiger partial charge < -0.3 is 5.32 Å². The van der Waals surface area contributed by atoms with Gasteiger partial charge in [0.15, 0.2) is 0 Å². The normalized spacial score (nSPS) is 17.2. The molecule has 0 radical (unpaired) electrons. The van der Waals surface area contributed by atoms with E-state index in [-0.39, 0.29) is 11.9 Å². The molecule has 2 heterocycles. The molecule has 1 aliphatic heterocycles. The number of anilines is 2. The third-order valence-electron chi connectivity index (χ3n) is 3.89. The molecule has 118 valence electrons. The van der Waals surface area contributed by atoms with Gasteiger partial charge in [-0.05, 0) is 37.1 Å². The van der Waals surface area contributed by atoms with E-state index in [4.69, 9.17) is 0 Å². The summed E-state index contributed by atoms with van der Waals surface area (Å²) in [5.74, 6) is 0.310. The first-order chi connectivity index (χ1) is 11.2. The number of carbonyl (C=O) groups is 2. The maximum Gasteiger partial charge on any atom is 0.321 e. The van der Waals surface area contributed by atoms with E-state index in [9.17, 15) is 9.59 Å². The Morgan fingerprint density at radius 3 is 2.70 bits per heavy atom. The average molecular weight is 329 g/mol. The van der Waals surface area contributed by atoms with Crippen LogP contribution in [0.1, 0.15) is 34.1 Å². The molecule has 1 aromatic heterocycles. The molecular formula is C15H15N5O2S. The Bertz CT molecular complexity index is 753. The van der Waals surface area contributed by atoms with E-state index >= 15 is 0 Å². The van der Waals surface area contributed by atoms with Crippen LogP contribution in [0.3, 0.4) is 0 Å². The smallest absolute Gasteiger partial charge is 0.321 e. The number of nitrogens with one attached hydrogen (secondary N) is 2. The number of hydrogen-bond donors (Lipinski definition) is 2. The van der Waals surface area contributed by atoms with Crippen molar-refractivity contribution in [3.63, 3.8) is 0 Å². The lowest BCUT2D eigenvalue weighted by molar-refractivity contribution is 0.102. The summed E-state index contributed by atoms with van der Waals surface area (Å²) in [6.45, 7) is 1.28. The third-order valence-corrected chi connectivity index (χ3v) is 4.89. The Balaban J connectivity index is 1.44. The molecule has 2 fully saturated rings. The molecule has 0 bridgehead atoms. The van der Waals surface area contributed by atoms with Crippen molar-refractivity contribution >= 4 is 34.1 Å². The Kier molecular flexibility index (Phi) is 3.45. The molecule has 2 aliphatic rings. The lowest BCUT2D eigenvalue weighted by Gasteiger charge is -2.14. The maximum atomic E-state index is 12.2. The summed E-state index contributed by atoms with van der Waals surface area (Å²) in [7, 11) is 0. The second-order valence-corrected chi connectivity index (χ2v) is 6.61. The highest BCUT2D eigenvalue weighted by Gasteiger charge is 2.28. The summed E-state index contributed by atoms with van der Waals surface area (Å²) >= 11 is 1.44. The highest BCUT2D eigenvalue weighted by molar-refractivity contribution is 7.15. The van der Waals surface area contributed by atoms with Gasteiger partial charge in [-0.3, -0.25) is 15.0 Å². The van der Waals surface area contributed by atoms with Crippen molar-refractivity contribution in [2.75, 3.05) is 23.3 Å². The molecule has 2 N–H and O–H groups in total. The average Bonchev–Trinajstić information content (AvgIpc) is 3.16. The molecule has 23 heavy (non-hydrogen) atoms. The van der Waals surface area contributed by atoms with Crippen LogP contribution in [0, 0.1) is 0 Å². The number of hydrogen-bond acceptors (Lipinski definition) is 5. The highest BCUT2D eigenvalue weighted by atomic mass is 32.1.